The highest BCUT2D eigenvalue weighted by Crippen LogP contribution is 2.39. The molecule has 4 aromatic rings. The molecule has 4 N–H and O–H groups in total. The summed E-state index contributed by atoms with van der Waals surface area (Å²) < 4.78 is 60.4. The van der Waals surface area contributed by atoms with Crippen LogP contribution < -0.4 is 11.1 Å². The zero-order valence-corrected chi connectivity index (χ0v) is 20.5. The van der Waals surface area contributed by atoms with Gasteiger partial charge in [0.2, 0.25) is 5.91 Å². The third-order valence-corrected chi connectivity index (χ3v) is 6.40. The van der Waals surface area contributed by atoms with Crippen LogP contribution >= 0.6 is 0 Å². The third kappa shape index (κ3) is 5.94. The minimum atomic E-state index is -4.68. The number of anilines is 1. The number of aromatic nitrogens is 1. The molecule has 202 valence electrons. The molecule has 0 bridgehead atoms. The van der Waals surface area contributed by atoms with E-state index in [-0.39, 0.29) is 36.4 Å². The maximum Gasteiger partial charge on any atom is 0.420 e. The number of hydrogen-bond acceptors (Lipinski definition) is 6. The number of aliphatic hydroxyl groups is 1. The van der Waals surface area contributed by atoms with Crippen molar-refractivity contribution >= 4 is 28.8 Å². The lowest BCUT2D eigenvalue weighted by Crippen LogP contribution is -2.49. The van der Waals surface area contributed by atoms with Crippen LogP contribution in [-0.4, -0.2) is 40.2 Å². The van der Waals surface area contributed by atoms with Gasteiger partial charge in [0, 0.05) is 30.7 Å². The van der Waals surface area contributed by atoms with Crippen molar-refractivity contribution in [3.8, 4) is 11.1 Å². The normalized spacial score (nSPS) is 15.5. The third-order valence-electron chi connectivity index (χ3n) is 6.40. The number of fused-ring (bicyclic) bond motifs is 1. The van der Waals surface area contributed by atoms with E-state index in [2.05, 4.69) is 10.3 Å². The topological polar surface area (TPSA) is 105 Å². The zero-order valence-electron chi connectivity index (χ0n) is 20.5. The van der Waals surface area contributed by atoms with E-state index < -0.39 is 30.0 Å². The van der Waals surface area contributed by atoms with Crippen molar-refractivity contribution in [3.63, 3.8) is 0 Å². The summed E-state index contributed by atoms with van der Waals surface area (Å²) >= 11 is 0. The predicted molar refractivity (Wildman–Crippen MR) is 138 cm³/mol. The van der Waals surface area contributed by atoms with Crippen molar-refractivity contribution in [2.45, 2.75) is 25.1 Å². The number of nitrogens with zero attached hydrogens (tertiary/aromatic N) is 2. The average molecular weight is 541 g/mol. The molecular weight excluding hydrogens is 516 g/mol. The number of likely N-dealkylation sites (tertiary alicyclic amines) is 1. The monoisotopic (exact) mass is 540 g/mol. The molecule has 1 saturated heterocycles. The Morgan fingerprint density at radius 3 is 2.54 bits per heavy atom. The van der Waals surface area contributed by atoms with Crippen molar-refractivity contribution in [1.29, 1.82) is 0 Å². The first-order chi connectivity index (χ1) is 18.6. The second-order valence-corrected chi connectivity index (χ2v) is 9.27. The zero-order chi connectivity index (χ0) is 27.7. The lowest BCUT2D eigenvalue weighted by atomic mass is 9.98. The van der Waals surface area contributed by atoms with Crippen LogP contribution in [0.5, 0.6) is 0 Å². The molecule has 5 rings (SSSR count). The van der Waals surface area contributed by atoms with Gasteiger partial charge in [0.1, 0.15) is 29.6 Å². The van der Waals surface area contributed by atoms with Gasteiger partial charge in [0.15, 0.2) is 0 Å². The van der Waals surface area contributed by atoms with Gasteiger partial charge < -0.3 is 20.6 Å². The Balaban J connectivity index is 1.34. The molecule has 0 spiro atoms. The molecular formula is C28H24F4N4O3. The van der Waals surface area contributed by atoms with E-state index in [1.165, 1.54) is 24.4 Å². The Labute approximate surface area is 220 Å². The minimum absolute atomic E-state index is 0.118. The van der Waals surface area contributed by atoms with Crippen molar-refractivity contribution in [3.05, 3.63) is 89.3 Å². The van der Waals surface area contributed by atoms with Crippen LogP contribution in [0.1, 0.15) is 28.7 Å². The van der Waals surface area contributed by atoms with E-state index in [0.29, 0.717) is 28.1 Å². The van der Waals surface area contributed by atoms with Crippen molar-refractivity contribution < 1.29 is 31.9 Å². The fourth-order valence-corrected chi connectivity index (χ4v) is 4.30. The largest absolute Gasteiger partial charge is 0.459 e. The molecule has 0 radical (unpaired) electrons. The number of nitrogens with two attached hydrogens (primary N) is 1. The SMILES string of the molecule is Nc1ccc(/C=C/C(=O)NCc2cc3cc(-c4ccc(C(O)N5CC(F)C5)cc4)cc(C(F)(F)F)c3o2)cn1. The number of amides is 1. The molecule has 1 amide bonds. The number of hydrogen-bond donors (Lipinski definition) is 3. The number of nitrogens with one attached hydrogen (secondary N) is 1. The molecule has 39 heavy (non-hydrogen) atoms. The first kappa shape index (κ1) is 26.4. The second-order valence-electron chi connectivity index (χ2n) is 9.27. The van der Waals surface area contributed by atoms with Gasteiger partial charge >= 0.3 is 6.18 Å². The number of alkyl halides is 4. The smallest absolute Gasteiger partial charge is 0.420 e. The molecule has 1 unspecified atom stereocenters. The Kier molecular flexibility index (Phi) is 7.11. The van der Waals surface area contributed by atoms with Gasteiger partial charge in [-0.1, -0.05) is 24.3 Å². The molecule has 0 saturated carbocycles. The van der Waals surface area contributed by atoms with Crippen molar-refractivity contribution in [2.75, 3.05) is 18.8 Å². The lowest BCUT2D eigenvalue weighted by Gasteiger charge is -2.38. The molecule has 1 aliphatic heterocycles. The summed E-state index contributed by atoms with van der Waals surface area (Å²) in [6, 6.07) is 13.7. The van der Waals surface area contributed by atoms with E-state index in [9.17, 15) is 27.5 Å². The van der Waals surface area contributed by atoms with Crippen LogP contribution in [0, 0.1) is 0 Å². The summed E-state index contributed by atoms with van der Waals surface area (Å²) in [6.07, 6.45) is -2.34. The van der Waals surface area contributed by atoms with E-state index in [0.717, 1.165) is 6.07 Å². The van der Waals surface area contributed by atoms with Gasteiger partial charge in [-0.15, -0.1) is 0 Å². The van der Waals surface area contributed by atoms with Gasteiger partial charge in [0.05, 0.1) is 12.1 Å². The van der Waals surface area contributed by atoms with Crippen LogP contribution in [0.2, 0.25) is 0 Å². The predicted octanol–water partition coefficient (Wildman–Crippen LogP) is 5.07. The molecule has 1 aliphatic rings. The van der Waals surface area contributed by atoms with Crippen LogP contribution in [0.25, 0.3) is 28.2 Å². The Bertz CT molecular complexity index is 1510. The highest BCUT2D eigenvalue weighted by Gasteiger charge is 2.35. The van der Waals surface area contributed by atoms with E-state index >= 15 is 0 Å². The van der Waals surface area contributed by atoms with E-state index in [1.54, 1.807) is 47.4 Å². The fourth-order valence-electron chi connectivity index (χ4n) is 4.30. The highest BCUT2D eigenvalue weighted by atomic mass is 19.4. The lowest BCUT2D eigenvalue weighted by molar-refractivity contribution is -0.136. The molecule has 2 aromatic carbocycles. The summed E-state index contributed by atoms with van der Waals surface area (Å²) in [5.74, 6) is 0.0348. The number of rotatable bonds is 7. The molecule has 2 aromatic heterocycles. The van der Waals surface area contributed by atoms with Crippen LogP contribution in [0.4, 0.5) is 23.4 Å². The van der Waals surface area contributed by atoms with Crippen LogP contribution in [0.3, 0.4) is 0 Å². The van der Waals surface area contributed by atoms with Gasteiger partial charge in [0.25, 0.3) is 0 Å². The summed E-state index contributed by atoms with van der Waals surface area (Å²) in [7, 11) is 0. The number of nitrogen functional groups attached to an aromatic ring is 1. The molecule has 3 heterocycles. The summed E-state index contributed by atoms with van der Waals surface area (Å²) in [5.41, 5.74) is 6.24. The maximum absolute atomic E-state index is 13.9. The standard InChI is InChI=1S/C28H24F4N4O3/c29-21-14-36(15-21)27(38)18-5-3-17(4-6-18)19-9-20-10-22(39-26(20)23(11-19)28(30,31)32)13-35-25(37)8-2-16-1-7-24(33)34-12-16/h1-12,21,27,38H,13-15H2,(H2,33,34)(H,35,37)/b8-2+. The molecule has 11 heteroatoms. The molecule has 0 aliphatic carbocycles. The number of benzene rings is 2. The highest BCUT2D eigenvalue weighted by molar-refractivity contribution is 5.92. The molecule has 1 fully saturated rings. The Hall–Kier alpha value is -4.22. The number of carbonyl (C=O) groups is 1. The Morgan fingerprint density at radius 2 is 1.90 bits per heavy atom. The summed E-state index contributed by atoms with van der Waals surface area (Å²) in [4.78, 5) is 17.7. The van der Waals surface area contributed by atoms with Crippen molar-refractivity contribution in [1.82, 2.24) is 15.2 Å². The maximum atomic E-state index is 13.9. The fraction of sp³-hybridized carbons (Fsp3) is 0.214. The van der Waals surface area contributed by atoms with Crippen LogP contribution in [0.15, 0.2) is 71.3 Å². The molecule has 7 nitrogen and oxygen atoms in total. The van der Waals surface area contributed by atoms with E-state index in [4.69, 9.17) is 10.2 Å². The minimum Gasteiger partial charge on any atom is -0.459 e. The quantitative estimate of drug-likeness (QED) is 0.223. The second kappa shape index (κ2) is 10.5. The van der Waals surface area contributed by atoms with E-state index in [1.807, 2.05) is 0 Å². The average Bonchev–Trinajstić information content (AvgIpc) is 3.31. The van der Waals surface area contributed by atoms with Gasteiger partial charge in [-0.2, -0.15) is 13.2 Å². The number of carbonyl (C=O) groups excluding carboxylic acids is 1. The first-order valence-corrected chi connectivity index (χ1v) is 12.0. The number of furan rings is 1. The first-order valence-electron chi connectivity index (χ1n) is 12.0. The number of aliphatic hydroxyl groups excluding tert-OH is 1. The molecule has 1 atom stereocenters. The van der Waals surface area contributed by atoms with Crippen LogP contribution in [-0.2, 0) is 17.5 Å². The summed E-state index contributed by atoms with van der Waals surface area (Å²) in [6.45, 7) is 0.148. The number of halogens is 4. The van der Waals surface area contributed by atoms with Crippen molar-refractivity contribution in [2.24, 2.45) is 0 Å². The van der Waals surface area contributed by atoms with Gasteiger partial charge in [-0.3, -0.25) is 9.69 Å². The summed E-state index contributed by atoms with van der Waals surface area (Å²) in [5, 5.41) is 13.2. The number of pyridine rings is 1. The van der Waals surface area contributed by atoms with Gasteiger partial charge in [-0.05, 0) is 58.7 Å². The Morgan fingerprint density at radius 1 is 1.15 bits per heavy atom. The van der Waals surface area contributed by atoms with Gasteiger partial charge in [-0.25, -0.2) is 9.37 Å².